The largest absolute Gasteiger partial charge is 0.461 e. The van der Waals surface area contributed by atoms with Gasteiger partial charge in [-0.05, 0) is 18.9 Å². The van der Waals surface area contributed by atoms with Crippen LogP contribution < -0.4 is 0 Å². The molecule has 2 nitrogen and oxygen atoms in total. The lowest BCUT2D eigenvalue weighted by atomic mass is 10.1. The fourth-order valence-electron chi connectivity index (χ4n) is 1.15. The maximum atomic E-state index is 11.1. The van der Waals surface area contributed by atoms with Crippen LogP contribution in [0.3, 0.4) is 0 Å². The second kappa shape index (κ2) is 8.79. The molecule has 0 aromatic rings. The highest BCUT2D eigenvalue weighted by Crippen LogP contribution is 2.05. The van der Waals surface area contributed by atoms with Gasteiger partial charge in [-0.2, -0.15) is 0 Å². The van der Waals surface area contributed by atoms with Crippen molar-refractivity contribution in [2.75, 3.05) is 6.61 Å². The Bertz CT molecular complexity index is 173. The molecule has 0 aliphatic heterocycles. The minimum atomic E-state index is -0.0931. The number of ether oxygens (including phenoxy) is 1. The number of carbonyl (C=O) groups excluding carboxylic acids is 1. The van der Waals surface area contributed by atoms with Crippen LogP contribution in [-0.2, 0) is 9.53 Å². The Labute approximate surface area is 87.3 Å². The molecule has 0 rings (SSSR count). The summed E-state index contributed by atoms with van der Waals surface area (Å²) in [5, 5.41) is 0. The maximum Gasteiger partial charge on any atom is 0.306 e. The Morgan fingerprint density at radius 2 is 1.86 bits per heavy atom. The molecular formula is C12H22O2. The lowest BCUT2D eigenvalue weighted by Gasteiger charge is -2.03. The summed E-state index contributed by atoms with van der Waals surface area (Å²) in [6, 6.07) is 0. The Hall–Kier alpha value is -0.790. The molecule has 0 bridgehead atoms. The molecule has 0 N–H and O–H groups in total. The van der Waals surface area contributed by atoms with Crippen molar-refractivity contribution >= 4 is 5.97 Å². The van der Waals surface area contributed by atoms with Crippen LogP contribution in [0.4, 0.5) is 0 Å². The van der Waals surface area contributed by atoms with Gasteiger partial charge < -0.3 is 4.74 Å². The molecule has 0 spiro atoms. The molecule has 0 aliphatic rings. The Morgan fingerprint density at radius 1 is 1.21 bits per heavy atom. The molecule has 0 aliphatic carbocycles. The third kappa shape index (κ3) is 9.30. The van der Waals surface area contributed by atoms with Crippen molar-refractivity contribution in [2.24, 2.45) is 0 Å². The fourth-order valence-corrected chi connectivity index (χ4v) is 1.15. The highest BCUT2D eigenvalue weighted by Gasteiger charge is 2.01. The highest BCUT2D eigenvalue weighted by atomic mass is 16.5. The van der Waals surface area contributed by atoms with Crippen molar-refractivity contribution in [3.05, 3.63) is 12.2 Å². The Morgan fingerprint density at radius 3 is 2.43 bits per heavy atom. The van der Waals surface area contributed by atoms with Crippen molar-refractivity contribution in [1.82, 2.24) is 0 Å². The van der Waals surface area contributed by atoms with E-state index in [1.165, 1.54) is 19.3 Å². The zero-order valence-corrected chi connectivity index (χ0v) is 9.47. The van der Waals surface area contributed by atoms with Crippen LogP contribution in [0.2, 0.25) is 0 Å². The summed E-state index contributed by atoms with van der Waals surface area (Å²) in [6.07, 6.45) is 6.37. The fraction of sp³-hybridized carbons (Fsp3) is 0.750. The van der Waals surface area contributed by atoms with E-state index in [1.807, 2.05) is 6.92 Å². The maximum absolute atomic E-state index is 11.1. The smallest absolute Gasteiger partial charge is 0.306 e. The molecule has 0 saturated carbocycles. The Kier molecular flexibility index (Phi) is 8.30. The lowest BCUT2D eigenvalue weighted by Crippen LogP contribution is -2.05. The number of esters is 1. The van der Waals surface area contributed by atoms with Gasteiger partial charge in [-0.25, -0.2) is 0 Å². The van der Waals surface area contributed by atoms with Crippen LogP contribution >= 0.6 is 0 Å². The van der Waals surface area contributed by atoms with Crippen molar-refractivity contribution in [3.63, 3.8) is 0 Å². The monoisotopic (exact) mass is 198 g/mol. The molecule has 0 heterocycles. The molecule has 0 unspecified atom stereocenters. The molecule has 0 fully saturated rings. The lowest BCUT2D eigenvalue weighted by molar-refractivity contribution is -0.142. The quantitative estimate of drug-likeness (QED) is 0.339. The molecule has 0 amide bonds. The first kappa shape index (κ1) is 13.2. The number of unbranched alkanes of at least 4 members (excludes halogenated alkanes) is 4. The van der Waals surface area contributed by atoms with E-state index in [-0.39, 0.29) is 5.97 Å². The molecule has 0 aromatic carbocycles. The first-order valence-corrected chi connectivity index (χ1v) is 5.46. The van der Waals surface area contributed by atoms with Gasteiger partial charge in [0, 0.05) is 6.42 Å². The number of hydrogen-bond acceptors (Lipinski definition) is 2. The average Bonchev–Trinajstić information content (AvgIpc) is 2.14. The first-order chi connectivity index (χ1) is 6.66. The van der Waals surface area contributed by atoms with E-state index in [1.54, 1.807) is 0 Å². The SMILES string of the molecule is C=C(C)COC(=O)CCCCCCC. The van der Waals surface area contributed by atoms with Crippen molar-refractivity contribution in [1.29, 1.82) is 0 Å². The summed E-state index contributed by atoms with van der Waals surface area (Å²) in [6.45, 7) is 8.08. The van der Waals surface area contributed by atoms with Crippen LogP contribution in [0.5, 0.6) is 0 Å². The summed E-state index contributed by atoms with van der Waals surface area (Å²) in [5.74, 6) is -0.0931. The predicted molar refractivity (Wildman–Crippen MR) is 59.1 cm³/mol. The molecule has 0 radical (unpaired) electrons. The third-order valence-corrected chi connectivity index (χ3v) is 1.96. The normalized spacial score (nSPS) is 9.86. The van der Waals surface area contributed by atoms with Crippen LogP contribution in [-0.4, -0.2) is 12.6 Å². The second-order valence-corrected chi connectivity index (χ2v) is 3.78. The van der Waals surface area contributed by atoms with Crippen LogP contribution in [0.25, 0.3) is 0 Å². The summed E-state index contributed by atoms with van der Waals surface area (Å²) in [4.78, 5) is 11.1. The van der Waals surface area contributed by atoms with Gasteiger partial charge in [0.1, 0.15) is 6.61 Å². The van der Waals surface area contributed by atoms with Crippen molar-refractivity contribution in [3.8, 4) is 0 Å². The highest BCUT2D eigenvalue weighted by molar-refractivity contribution is 5.69. The van der Waals surface area contributed by atoms with Crippen LogP contribution in [0.1, 0.15) is 52.4 Å². The van der Waals surface area contributed by atoms with Gasteiger partial charge in [0.15, 0.2) is 0 Å². The predicted octanol–water partition coefficient (Wildman–Crippen LogP) is 3.47. The summed E-state index contributed by atoms with van der Waals surface area (Å²) < 4.78 is 4.97. The second-order valence-electron chi connectivity index (χ2n) is 3.78. The Balaban J connectivity index is 3.22. The van der Waals surface area contributed by atoms with E-state index >= 15 is 0 Å². The first-order valence-electron chi connectivity index (χ1n) is 5.46. The van der Waals surface area contributed by atoms with Gasteiger partial charge in [0.2, 0.25) is 0 Å². The van der Waals surface area contributed by atoms with E-state index in [2.05, 4.69) is 13.5 Å². The number of hydrogen-bond donors (Lipinski definition) is 0. The van der Waals surface area contributed by atoms with Gasteiger partial charge in [0.05, 0.1) is 0 Å². The standard InChI is InChI=1S/C12H22O2/c1-4-5-6-7-8-9-12(13)14-10-11(2)3/h2,4-10H2,1,3H3. The van der Waals surface area contributed by atoms with E-state index < -0.39 is 0 Å². The van der Waals surface area contributed by atoms with Gasteiger partial charge in [-0.15, -0.1) is 0 Å². The molecule has 82 valence electrons. The summed E-state index contributed by atoms with van der Waals surface area (Å²) >= 11 is 0. The molecule has 0 atom stereocenters. The van der Waals surface area contributed by atoms with Crippen LogP contribution in [0.15, 0.2) is 12.2 Å². The number of rotatable bonds is 8. The van der Waals surface area contributed by atoms with Crippen molar-refractivity contribution in [2.45, 2.75) is 52.4 Å². The minimum absolute atomic E-state index is 0.0931. The van der Waals surface area contributed by atoms with E-state index in [9.17, 15) is 4.79 Å². The summed E-state index contributed by atoms with van der Waals surface area (Å²) in [5.41, 5.74) is 0.893. The van der Waals surface area contributed by atoms with E-state index in [4.69, 9.17) is 4.74 Å². The molecule has 0 saturated heterocycles. The van der Waals surface area contributed by atoms with Gasteiger partial charge in [-0.1, -0.05) is 39.2 Å². The zero-order valence-electron chi connectivity index (χ0n) is 9.47. The molecular weight excluding hydrogens is 176 g/mol. The number of carbonyl (C=O) groups is 1. The topological polar surface area (TPSA) is 26.3 Å². The average molecular weight is 198 g/mol. The van der Waals surface area contributed by atoms with Gasteiger partial charge >= 0.3 is 5.97 Å². The van der Waals surface area contributed by atoms with Crippen molar-refractivity contribution < 1.29 is 9.53 Å². The molecule has 2 heteroatoms. The molecule has 14 heavy (non-hydrogen) atoms. The summed E-state index contributed by atoms with van der Waals surface area (Å²) in [7, 11) is 0. The van der Waals surface area contributed by atoms with Gasteiger partial charge in [0.25, 0.3) is 0 Å². The molecule has 0 aromatic heterocycles. The zero-order chi connectivity index (χ0) is 10.8. The van der Waals surface area contributed by atoms with Crippen LogP contribution in [0, 0.1) is 0 Å². The third-order valence-electron chi connectivity index (χ3n) is 1.96. The van der Waals surface area contributed by atoms with E-state index in [0.29, 0.717) is 13.0 Å². The van der Waals surface area contributed by atoms with E-state index in [0.717, 1.165) is 18.4 Å². The minimum Gasteiger partial charge on any atom is -0.461 e. The van der Waals surface area contributed by atoms with Gasteiger partial charge in [-0.3, -0.25) is 4.79 Å².